The predicted octanol–water partition coefficient (Wildman–Crippen LogP) is 1.66. The van der Waals surface area contributed by atoms with Gasteiger partial charge in [-0.15, -0.1) is 0 Å². The second-order valence-electron chi connectivity index (χ2n) is 5.64. The standard InChI is InChI=1S/C16H20N6O2/c1-12-19-16(20-24-12)9-21(2)7-13-4-5-15(23-3)14(6-13)8-22-11-17-10-18-22/h4-6,10-11H,7-9H2,1-3H3. The van der Waals surface area contributed by atoms with Crippen LogP contribution in [0.3, 0.4) is 0 Å². The van der Waals surface area contributed by atoms with Crippen LogP contribution >= 0.6 is 0 Å². The van der Waals surface area contributed by atoms with Crippen LogP contribution in [-0.2, 0) is 19.6 Å². The van der Waals surface area contributed by atoms with Gasteiger partial charge in [0.1, 0.15) is 18.4 Å². The quantitative estimate of drug-likeness (QED) is 0.652. The van der Waals surface area contributed by atoms with E-state index in [2.05, 4.69) is 37.3 Å². The van der Waals surface area contributed by atoms with E-state index in [1.165, 1.54) is 11.9 Å². The fourth-order valence-corrected chi connectivity index (χ4v) is 2.56. The molecule has 0 amide bonds. The van der Waals surface area contributed by atoms with Crippen molar-refractivity contribution in [3.63, 3.8) is 0 Å². The molecule has 3 rings (SSSR count). The molecule has 0 radical (unpaired) electrons. The number of aromatic nitrogens is 5. The van der Waals surface area contributed by atoms with Crippen molar-refractivity contribution in [1.29, 1.82) is 0 Å². The van der Waals surface area contributed by atoms with Gasteiger partial charge in [-0.2, -0.15) is 10.1 Å². The zero-order valence-corrected chi connectivity index (χ0v) is 14.0. The first-order valence-electron chi connectivity index (χ1n) is 7.60. The van der Waals surface area contributed by atoms with Gasteiger partial charge in [0.05, 0.1) is 20.2 Å². The maximum Gasteiger partial charge on any atom is 0.223 e. The Morgan fingerprint density at radius 2 is 2.17 bits per heavy atom. The number of aryl methyl sites for hydroxylation is 1. The van der Waals surface area contributed by atoms with Crippen LogP contribution in [0.1, 0.15) is 22.8 Å². The van der Waals surface area contributed by atoms with E-state index in [0.29, 0.717) is 24.8 Å². The summed E-state index contributed by atoms with van der Waals surface area (Å²) < 4.78 is 12.2. The lowest BCUT2D eigenvalue weighted by atomic mass is 10.1. The first-order valence-corrected chi connectivity index (χ1v) is 7.60. The zero-order chi connectivity index (χ0) is 16.9. The molecule has 3 aromatic rings. The van der Waals surface area contributed by atoms with Gasteiger partial charge in [0.15, 0.2) is 5.82 Å². The maximum atomic E-state index is 5.44. The van der Waals surface area contributed by atoms with Gasteiger partial charge < -0.3 is 9.26 Å². The lowest BCUT2D eigenvalue weighted by molar-refractivity contribution is 0.300. The number of nitrogens with zero attached hydrogens (tertiary/aromatic N) is 6. The van der Waals surface area contributed by atoms with Crippen molar-refractivity contribution >= 4 is 0 Å². The van der Waals surface area contributed by atoms with Crippen LogP contribution < -0.4 is 4.74 Å². The minimum Gasteiger partial charge on any atom is -0.496 e. The van der Waals surface area contributed by atoms with Gasteiger partial charge in [-0.05, 0) is 24.7 Å². The van der Waals surface area contributed by atoms with Gasteiger partial charge in [-0.1, -0.05) is 11.2 Å². The van der Waals surface area contributed by atoms with Crippen LogP contribution in [0.5, 0.6) is 5.75 Å². The highest BCUT2D eigenvalue weighted by Gasteiger charge is 2.10. The third kappa shape index (κ3) is 3.96. The summed E-state index contributed by atoms with van der Waals surface area (Å²) in [6, 6.07) is 6.16. The second kappa shape index (κ2) is 7.22. The molecule has 0 unspecified atom stereocenters. The molecule has 2 heterocycles. The van der Waals surface area contributed by atoms with Crippen molar-refractivity contribution in [1.82, 2.24) is 29.8 Å². The highest BCUT2D eigenvalue weighted by atomic mass is 16.5. The van der Waals surface area contributed by atoms with E-state index < -0.39 is 0 Å². The molecule has 8 nitrogen and oxygen atoms in total. The first-order chi connectivity index (χ1) is 11.6. The molecule has 0 saturated carbocycles. The first kappa shape index (κ1) is 16.1. The highest BCUT2D eigenvalue weighted by molar-refractivity contribution is 5.37. The summed E-state index contributed by atoms with van der Waals surface area (Å²) in [5.41, 5.74) is 2.23. The topological polar surface area (TPSA) is 82.1 Å². The fraction of sp³-hybridized carbons (Fsp3) is 0.375. The molecular formula is C16H20N6O2. The molecule has 8 heteroatoms. The van der Waals surface area contributed by atoms with Gasteiger partial charge >= 0.3 is 0 Å². The van der Waals surface area contributed by atoms with E-state index >= 15 is 0 Å². The van der Waals surface area contributed by atoms with Crippen molar-refractivity contribution in [3.8, 4) is 5.75 Å². The Hall–Kier alpha value is -2.74. The molecule has 2 aromatic heterocycles. The summed E-state index contributed by atoms with van der Waals surface area (Å²) in [6.07, 6.45) is 3.22. The van der Waals surface area contributed by atoms with Crippen molar-refractivity contribution in [2.75, 3.05) is 14.2 Å². The Labute approximate surface area is 140 Å². The molecule has 0 bridgehead atoms. The molecule has 0 aliphatic rings. The molecule has 0 spiro atoms. The number of hydrogen-bond donors (Lipinski definition) is 0. The Balaban J connectivity index is 1.70. The molecule has 0 N–H and O–H groups in total. The molecule has 1 aromatic carbocycles. The van der Waals surface area contributed by atoms with E-state index in [-0.39, 0.29) is 0 Å². The summed E-state index contributed by atoms with van der Waals surface area (Å²) in [6.45, 7) is 3.80. The van der Waals surface area contributed by atoms with E-state index in [9.17, 15) is 0 Å². The summed E-state index contributed by atoms with van der Waals surface area (Å²) >= 11 is 0. The van der Waals surface area contributed by atoms with Crippen LogP contribution in [0.15, 0.2) is 35.4 Å². The molecule has 0 aliphatic heterocycles. The van der Waals surface area contributed by atoms with E-state index in [1.54, 1.807) is 25.0 Å². The van der Waals surface area contributed by atoms with Crippen molar-refractivity contribution in [2.45, 2.75) is 26.6 Å². The highest BCUT2D eigenvalue weighted by Crippen LogP contribution is 2.21. The van der Waals surface area contributed by atoms with Gasteiger partial charge in [0, 0.05) is 19.0 Å². The fourth-order valence-electron chi connectivity index (χ4n) is 2.56. The second-order valence-corrected chi connectivity index (χ2v) is 5.64. The van der Waals surface area contributed by atoms with Gasteiger partial charge in [-0.3, -0.25) is 4.90 Å². The van der Waals surface area contributed by atoms with E-state index in [4.69, 9.17) is 9.26 Å². The Morgan fingerprint density at radius 1 is 1.29 bits per heavy atom. The van der Waals surface area contributed by atoms with E-state index in [1.807, 2.05) is 13.1 Å². The molecule has 0 aliphatic carbocycles. The van der Waals surface area contributed by atoms with Gasteiger partial charge in [-0.25, -0.2) is 9.67 Å². The van der Waals surface area contributed by atoms with Crippen LogP contribution in [0, 0.1) is 6.92 Å². The van der Waals surface area contributed by atoms with Gasteiger partial charge in [0.25, 0.3) is 0 Å². The predicted molar refractivity (Wildman–Crippen MR) is 86.3 cm³/mol. The number of rotatable bonds is 7. The molecular weight excluding hydrogens is 308 g/mol. The monoisotopic (exact) mass is 328 g/mol. The van der Waals surface area contributed by atoms with Crippen LogP contribution in [-0.4, -0.2) is 44.0 Å². The number of hydrogen-bond acceptors (Lipinski definition) is 7. The number of benzene rings is 1. The average Bonchev–Trinajstić information content (AvgIpc) is 3.19. The number of methoxy groups -OCH3 is 1. The zero-order valence-electron chi connectivity index (χ0n) is 14.0. The van der Waals surface area contributed by atoms with Crippen LogP contribution in [0.4, 0.5) is 0 Å². The van der Waals surface area contributed by atoms with Crippen molar-refractivity contribution < 1.29 is 9.26 Å². The van der Waals surface area contributed by atoms with Crippen molar-refractivity contribution in [2.24, 2.45) is 0 Å². The Morgan fingerprint density at radius 3 is 2.83 bits per heavy atom. The summed E-state index contributed by atoms with van der Waals surface area (Å²) in [7, 11) is 3.69. The normalized spacial score (nSPS) is 11.2. The molecule has 24 heavy (non-hydrogen) atoms. The maximum absolute atomic E-state index is 5.44. The smallest absolute Gasteiger partial charge is 0.223 e. The molecule has 0 saturated heterocycles. The Kier molecular flexibility index (Phi) is 4.85. The SMILES string of the molecule is COc1ccc(CN(C)Cc2noc(C)n2)cc1Cn1cncn1. The lowest BCUT2D eigenvalue weighted by Gasteiger charge is -2.16. The third-order valence-corrected chi connectivity index (χ3v) is 3.58. The largest absolute Gasteiger partial charge is 0.496 e. The number of ether oxygens (including phenoxy) is 1. The van der Waals surface area contributed by atoms with Crippen LogP contribution in [0.25, 0.3) is 0 Å². The minimum absolute atomic E-state index is 0.581. The Bertz CT molecular complexity index is 784. The summed E-state index contributed by atoms with van der Waals surface area (Å²) in [5, 5.41) is 8.07. The van der Waals surface area contributed by atoms with Crippen molar-refractivity contribution in [3.05, 3.63) is 53.7 Å². The van der Waals surface area contributed by atoms with Crippen LogP contribution in [0.2, 0.25) is 0 Å². The third-order valence-electron chi connectivity index (χ3n) is 3.58. The molecule has 0 atom stereocenters. The lowest BCUT2D eigenvalue weighted by Crippen LogP contribution is -2.18. The van der Waals surface area contributed by atoms with Gasteiger partial charge in [0.2, 0.25) is 5.89 Å². The summed E-state index contributed by atoms with van der Waals surface area (Å²) in [5.74, 6) is 2.11. The average molecular weight is 328 g/mol. The summed E-state index contributed by atoms with van der Waals surface area (Å²) in [4.78, 5) is 10.3. The molecule has 126 valence electrons. The molecule has 0 fully saturated rings. The van der Waals surface area contributed by atoms with E-state index in [0.717, 1.165) is 17.9 Å². The minimum atomic E-state index is 0.581.